The van der Waals surface area contributed by atoms with Gasteiger partial charge in [0.1, 0.15) is 5.75 Å². The molecule has 0 aliphatic carbocycles. The summed E-state index contributed by atoms with van der Waals surface area (Å²) in [6, 6.07) is 23.7. The van der Waals surface area contributed by atoms with Crippen molar-refractivity contribution in [3.63, 3.8) is 0 Å². The lowest BCUT2D eigenvalue weighted by molar-refractivity contribution is 0.425. The summed E-state index contributed by atoms with van der Waals surface area (Å²) in [5.41, 5.74) is 3.06. The predicted octanol–water partition coefficient (Wildman–Crippen LogP) is 0.800. The van der Waals surface area contributed by atoms with Crippen LogP contribution < -0.4 is 15.6 Å². The highest BCUT2D eigenvalue weighted by Crippen LogP contribution is 2.17. The van der Waals surface area contributed by atoms with Crippen LogP contribution >= 0.6 is 0 Å². The molecule has 0 amide bonds. The van der Waals surface area contributed by atoms with Gasteiger partial charge < -0.3 is 19.7 Å². The molecule has 3 N–H and O–H groups in total. The zero-order valence-electron chi connectivity index (χ0n) is 12.9. The van der Waals surface area contributed by atoms with Gasteiger partial charge in [-0.1, -0.05) is 66.7 Å². The molecule has 3 aromatic carbocycles. The predicted molar refractivity (Wildman–Crippen MR) is 96.4 cm³/mol. The Labute approximate surface area is 141 Å². The highest BCUT2D eigenvalue weighted by Gasteiger charge is 2.20. The van der Waals surface area contributed by atoms with E-state index >= 15 is 0 Å². The molecule has 0 spiro atoms. The monoisotopic (exact) mass is 318 g/mol. The summed E-state index contributed by atoms with van der Waals surface area (Å²) < 4.78 is 5.52. The van der Waals surface area contributed by atoms with Crippen molar-refractivity contribution in [2.24, 2.45) is 0 Å². The van der Waals surface area contributed by atoms with Gasteiger partial charge in [-0.05, 0) is 34.2 Å². The number of benzene rings is 3. The number of hydrogen-bond acceptors (Lipinski definition) is 4. The lowest BCUT2D eigenvalue weighted by atomic mass is 9.78. The minimum Gasteiger partial charge on any atom is -0.532 e. The van der Waals surface area contributed by atoms with Crippen LogP contribution in [0.1, 0.15) is 0 Å². The lowest BCUT2D eigenvalue weighted by Crippen LogP contribution is -2.37. The van der Waals surface area contributed by atoms with E-state index in [1.54, 1.807) is 18.2 Å². The van der Waals surface area contributed by atoms with Gasteiger partial charge >= 0.3 is 14.2 Å². The molecule has 24 heavy (non-hydrogen) atoms. The van der Waals surface area contributed by atoms with Crippen molar-refractivity contribution in [2.75, 3.05) is 0 Å². The summed E-state index contributed by atoms with van der Waals surface area (Å²) in [7, 11) is -2.63. The summed E-state index contributed by atoms with van der Waals surface area (Å²) in [5.74, 6) is 0.442. The first-order valence-electron chi connectivity index (χ1n) is 7.60. The average Bonchev–Trinajstić information content (AvgIpc) is 2.63. The summed E-state index contributed by atoms with van der Waals surface area (Å²) in [6.07, 6.45) is 0. The van der Waals surface area contributed by atoms with Crippen molar-refractivity contribution in [3.8, 4) is 16.9 Å². The van der Waals surface area contributed by atoms with Crippen molar-refractivity contribution in [1.82, 2.24) is 0 Å². The Bertz CT molecular complexity index is 792. The first-order chi connectivity index (χ1) is 11.6. The second-order valence-electron chi connectivity index (χ2n) is 5.40. The number of rotatable bonds is 5. The van der Waals surface area contributed by atoms with Crippen molar-refractivity contribution in [3.05, 3.63) is 78.9 Å². The van der Waals surface area contributed by atoms with Gasteiger partial charge in [-0.25, -0.2) is 0 Å². The maximum Gasteiger partial charge on any atom is 0.560 e. The fourth-order valence-electron chi connectivity index (χ4n) is 2.42. The third kappa shape index (κ3) is 3.86. The molecule has 3 rings (SSSR count). The highest BCUT2D eigenvalue weighted by atomic mass is 16.5. The van der Waals surface area contributed by atoms with Gasteiger partial charge in [0, 0.05) is 0 Å². The Balaban J connectivity index is 1.76. The van der Waals surface area contributed by atoms with E-state index in [9.17, 15) is 5.02 Å². The van der Waals surface area contributed by atoms with E-state index in [4.69, 9.17) is 14.7 Å². The largest absolute Gasteiger partial charge is 0.560 e. The van der Waals surface area contributed by atoms with Crippen LogP contribution in [0.3, 0.4) is 0 Å². The molecule has 0 aromatic heterocycles. The second kappa shape index (κ2) is 7.36. The summed E-state index contributed by atoms with van der Waals surface area (Å²) >= 11 is 0. The summed E-state index contributed by atoms with van der Waals surface area (Å²) in [4.78, 5) is 0. The standard InChI is InChI=1S/C18H16B2O4/c21-19(22)16-9-11-18(12-10-16)24-20(23)17-8-4-7-15(13-17)14-5-2-1-3-6-14/h1-13,21-23H. The maximum atomic E-state index is 10.3. The van der Waals surface area contributed by atoms with Gasteiger partial charge in [0.2, 0.25) is 0 Å². The molecule has 118 valence electrons. The van der Waals surface area contributed by atoms with Gasteiger partial charge in [-0.3, -0.25) is 0 Å². The molecule has 0 radical (unpaired) electrons. The molecule has 0 aliphatic rings. The molecule has 0 bridgehead atoms. The van der Waals surface area contributed by atoms with Gasteiger partial charge in [-0.2, -0.15) is 0 Å². The van der Waals surface area contributed by atoms with E-state index in [0.717, 1.165) is 11.1 Å². The van der Waals surface area contributed by atoms with E-state index in [0.29, 0.717) is 16.7 Å². The van der Waals surface area contributed by atoms with E-state index in [2.05, 4.69) is 0 Å². The fourth-order valence-corrected chi connectivity index (χ4v) is 2.42. The van der Waals surface area contributed by atoms with Crippen molar-refractivity contribution in [1.29, 1.82) is 0 Å². The van der Waals surface area contributed by atoms with E-state index < -0.39 is 14.2 Å². The summed E-state index contributed by atoms with van der Waals surface area (Å²) in [5, 5.41) is 28.5. The molecule has 0 atom stereocenters. The van der Waals surface area contributed by atoms with E-state index in [1.165, 1.54) is 12.1 Å². The van der Waals surface area contributed by atoms with Crippen LogP contribution in [0, 0.1) is 0 Å². The average molecular weight is 318 g/mol. The summed E-state index contributed by atoms with van der Waals surface area (Å²) in [6.45, 7) is 0. The van der Waals surface area contributed by atoms with E-state index in [1.807, 2.05) is 48.5 Å². The Morgan fingerprint density at radius 1 is 0.625 bits per heavy atom. The quantitative estimate of drug-likeness (QED) is 0.609. The van der Waals surface area contributed by atoms with Gasteiger partial charge in [0.15, 0.2) is 0 Å². The molecule has 0 unspecified atom stereocenters. The molecule has 6 heteroatoms. The third-order valence-corrected chi connectivity index (χ3v) is 3.70. The molecule has 0 fully saturated rings. The van der Waals surface area contributed by atoms with Crippen LogP contribution in [0.15, 0.2) is 78.9 Å². The van der Waals surface area contributed by atoms with Crippen LogP contribution in [0.2, 0.25) is 0 Å². The van der Waals surface area contributed by atoms with E-state index in [-0.39, 0.29) is 0 Å². The Morgan fingerprint density at radius 2 is 1.29 bits per heavy atom. The molecule has 0 saturated carbocycles. The van der Waals surface area contributed by atoms with Gasteiger partial charge in [0.25, 0.3) is 0 Å². The third-order valence-electron chi connectivity index (χ3n) is 3.70. The second-order valence-corrected chi connectivity index (χ2v) is 5.40. The highest BCUT2D eigenvalue weighted by molar-refractivity contribution is 6.61. The Morgan fingerprint density at radius 3 is 1.96 bits per heavy atom. The zero-order valence-corrected chi connectivity index (χ0v) is 12.9. The lowest BCUT2D eigenvalue weighted by Gasteiger charge is -2.12. The minimum atomic E-state index is -1.52. The molecule has 4 nitrogen and oxygen atoms in total. The molecule has 0 saturated heterocycles. The molecule has 0 heterocycles. The first kappa shape index (κ1) is 16.3. The van der Waals surface area contributed by atoms with Crippen LogP contribution in [-0.4, -0.2) is 29.3 Å². The molecule has 0 aliphatic heterocycles. The van der Waals surface area contributed by atoms with Crippen LogP contribution in [0.25, 0.3) is 11.1 Å². The normalized spacial score (nSPS) is 10.3. The van der Waals surface area contributed by atoms with Crippen LogP contribution in [0.5, 0.6) is 5.75 Å². The van der Waals surface area contributed by atoms with Crippen LogP contribution in [0.4, 0.5) is 0 Å². The SMILES string of the molecule is OB(O)c1ccc(OB(O)c2cccc(-c3ccccc3)c2)cc1. The smallest absolute Gasteiger partial charge is 0.532 e. The molecule has 3 aromatic rings. The Kier molecular flexibility index (Phi) is 5.01. The fraction of sp³-hybridized carbons (Fsp3) is 0. The zero-order chi connectivity index (χ0) is 16.9. The van der Waals surface area contributed by atoms with Gasteiger partial charge in [0.05, 0.1) is 0 Å². The minimum absolute atomic E-state index is 0.364. The first-order valence-corrected chi connectivity index (χ1v) is 7.60. The van der Waals surface area contributed by atoms with Crippen LogP contribution in [-0.2, 0) is 0 Å². The van der Waals surface area contributed by atoms with Crippen molar-refractivity contribution >= 4 is 25.2 Å². The number of hydrogen-bond donors (Lipinski definition) is 3. The molecular weight excluding hydrogens is 302 g/mol. The van der Waals surface area contributed by atoms with Gasteiger partial charge in [-0.15, -0.1) is 0 Å². The van der Waals surface area contributed by atoms with Crippen molar-refractivity contribution < 1.29 is 19.7 Å². The Hall–Kier alpha value is -2.53. The molecular formula is C18H16B2O4. The maximum absolute atomic E-state index is 10.3. The van der Waals surface area contributed by atoms with Crippen molar-refractivity contribution in [2.45, 2.75) is 0 Å². The topological polar surface area (TPSA) is 69.9 Å².